The van der Waals surface area contributed by atoms with E-state index < -0.39 is 18.1 Å². The van der Waals surface area contributed by atoms with E-state index in [1.165, 1.54) is 0 Å². The number of carbonyl (C=O) groups excluding carboxylic acids is 1. The van der Waals surface area contributed by atoms with Gasteiger partial charge in [0, 0.05) is 19.2 Å². The normalized spacial score (nSPS) is 11.7. The van der Waals surface area contributed by atoms with Crippen molar-refractivity contribution in [3.63, 3.8) is 0 Å². The number of nitrogens with one attached hydrogen (secondary N) is 2. The second-order valence-corrected chi connectivity index (χ2v) is 3.66. The summed E-state index contributed by atoms with van der Waals surface area (Å²) in [6.45, 7) is 1.82. The van der Waals surface area contributed by atoms with Gasteiger partial charge >= 0.3 is 12.0 Å². The fourth-order valence-corrected chi connectivity index (χ4v) is 1.23. The number of aliphatic hydroxyl groups is 1. The Bertz CT molecular complexity index is 436. The second-order valence-electron chi connectivity index (χ2n) is 3.66. The molecule has 0 aliphatic rings. The first-order chi connectivity index (χ1) is 8.50. The zero-order chi connectivity index (χ0) is 13.5. The number of hydrogen-bond donors (Lipinski definition) is 4. The van der Waals surface area contributed by atoms with Gasteiger partial charge in [0.2, 0.25) is 0 Å². The van der Waals surface area contributed by atoms with E-state index in [1.54, 1.807) is 25.3 Å². The lowest BCUT2D eigenvalue weighted by molar-refractivity contribution is -0.146. The zero-order valence-corrected chi connectivity index (χ0v) is 9.88. The first-order valence-electron chi connectivity index (χ1n) is 5.38. The van der Waals surface area contributed by atoms with Crippen molar-refractivity contribution in [3.05, 3.63) is 24.0 Å². The molecule has 0 saturated carbocycles. The van der Waals surface area contributed by atoms with Gasteiger partial charge in [0.15, 0.2) is 6.10 Å². The highest BCUT2D eigenvalue weighted by atomic mass is 16.4. The smallest absolute Gasteiger partial charge is 0.332 e. The number of nitrogens with zero attached hydrogens (tertiary/aromatic N) is 1. The van der Waals surface area contributed by atoms with Crippen molar-refractivity contribution in [2.75, 3.05) is 11.9 Å². The number of aryl methyl sites for hydroxylation is 1. The molecule has 0 spiro atoms. The minimum atomic E-state index is -1.47. The highest BCUT2D eigenvalue weighted by Crippen LogP contribution is 2.09. The molecule has 18 heavy (non-hydrogen) atoms. The maximum absolute atomic E-state index is 11.4. The van der Waals surface area contributed by atoms with Crippen molar-refractivity contribution in [3.8, 4) is 0 Å². The Balaban J connectivity index is 2.35. The molecule has 1 aromatic rings. The van der Waals surface area contributed by atoms with Crippen LogP contribution in [0, 0.1) is 6.92 Å². The number of aromatic nitrogens is 1. The predicted molar refractivity (Wildman–Crippen MR) is 64.3 cm³/mol. The molecule has 0 radical (unpaired) electrons. The molecule has 1 atom stereocenters. The number of anilines is 1. The Labute approximate surface area is 104 Å². The van der Waals surface area contributed by atoms with Gasteiger partial charge in [-0.15, -0.1) is 0 Å². The van der Waals surface area contributed by atoms with Gasteiger partial charge in [-0.05, 0) is 19.1 Å². The summed E-state index contributed by atoms with van der Waals surface area (Å²) in [5.41, 5.74) is 1.26. The molecule has 1 rings (SSSR count). The van der Waals surface area contributed by atoms with Gasteiger partial charge in [0.1, 0.15) is 0 Å². The highest BCUT2D eigenvalue weighted by Gasteiger charge is 2.12. The third-order valence-electron chi connectivity index (χ3n) is 2.24. The molecule has 0 aromatic carbocycles. The molecule has 7 heteroatoms. The summed E-state index contributed by atoms with van der Waals surface area (Å²) < 4.78 is 0. The summed E-state index contributed by atoms with van der Waals surface area (Å²) in [6, 6.07) is 2.92. The monoisotopic (exact) mass is 253 g/mol. The summed E-state index contributed by atoms with van der Waals surface area (Å²) in [7, 11) is 0. The Morgan fingerprint density at radius 3 is 2.83 bits per heavy atom. The summed E-state index contributed by atoms with van der Waals surface area (Å²) in [5, 5.41) is 22.4. The molecule has 0 saturated heterocycles. The number of urea groups is 1. The first-order valence-corrected chi connectivity index (χ1v) is 5.38. The number of aliphatic hydroxyl groups excluding tert-OH is 1. The van der Waals surface area contributed by atoms with Crippen LogP contribution >= 0.6 is 0 Å². The predicted octanol–water partition coefficient (Wildman–Crippen LogP) is 0.347. The van der Waals surface area contributed by atoms with Gasteiger partial charge in [-0.2, -0.15) is 0 Å². The molecular weight excluding hydrogens is 238 g/mol. The lowest BCUT2D eigenvalue weighted by atomic mass is 10.2. The molecule has 7 nitrogen and oxygen atoms in total. The zero-order valence-electron chi connectivity index (χ0n) is 9.88. The fourth-order valence-electron chi connectivity index (χ4n) is 1.23. The topological polar surface area (TPSA) is 112 Å². The van der Waals surface area contributed by atoms with Gasteiger partial charge in [-0.1, -0.05) is 0 Å². The largest absolute Gasteiger partial charge is 0.479 e. The third-order valence-corrected chi connectivity index (χ3v) is 2.24. The average molecular weight is 253 g/mol. The van der Waals surface area contributed by atoms with Crippen LogP contribution in [-0.2, 0) is 4.79 Å². The SMILES string of the molecule is Cc1ncccc1NC(=O)NCC[C@H](O)C(=O)O. The molecule has 1 heterocycles. The van der Waals surface area contributed by atoms with Gasteiger partial charge in [-0.3, -0.25) is 4.98 Å². The van der Waals surface area contributed by atoms with E-state index in [2.05, 4.69) is 15.6 Å². The van der Waals surface area contributed by atoms with Crippen LogP contribution in [-0.4, -0.2) is 39.8 Å². The molecular formula is C11H15N3O4. The van der Waals surface area contributed by atoms with E-state index in [4.69, 9.17) is 10.2 Å². The first kappa shape index (κ1) is 13.9. The minimum absolute atomic E-state index is 0.0469. The van der Waals surface area contributed by atoms with Crippen molar-refractivity contribution >= 4 is 17.7 Å². The van der Waals surface area contributed by atoms with Crippen LogP contribution in [0.5, 0.6) is 0 Å². The van der Waals surface area contributed by atoms with Crippen LogP contribution in [0.1, 0.15) is 12.1 Å². The number of aliphatic carboxylic acids is 1. The Kier molecular flexibility index (Phi) is 5.06. The molecule has 0 fully saturated rings. The van der Waals surface area contributed by atoms with Crippen molar-refractivity contribution in [2.24, 2.45) is 0 Å². The summed E-state index contributed by atoms with van der Waals surface area (Å²) in [4.78, 5) is 25.8. The highest BCUT2D eigenvalue weighted by molar-refractivity contribution is 5.89. The van der Waals surface area contributed by atoms with E-state index in [1.807, 2.05) is 0 Å². The quantitative estimate of drug-likeness (QED) is 0.605. The number of hydrogen-bond acceptors (Lipinski definition) is 4. The fraction of sp³-hybridized carbons (Fsp3) is 0.364. The van der Waals surface area contributed by atoms with E-state index in [0.717, 1.165) is 0 Å². The molecule has 4 N–H and O–H groups in total. The lowest BCUT2D eigenvalue weighted by Crippen LogP contribution is -2.33. The van der Waals surface area contributed by atoms with E-state index in [-0.39, 0.29) is 13.0 Å². The number of carboxylic acids is 1. The lowest BCUT2D eigenvalue weighted by Gasteiger charge is -2.10. The molecule has 0 aliphatic heterocycles. The van der Waals surface area contributed by atoms with Crippen LogP contribution in [0.25, 0.3) is 0 Å². The standard InChI is InChI=1S/C11H15N3O4/c1-7-8(3-2-5-12-7)14-11(18)13-6-4-9(15)10(16)17/h2-3,5,9,15H,4,6H2,1H3,(H,16,17)(H2,13,14,18)/t9-/m0/s1. The van der Waals surface area contributed by atoms with Crippen molar-refractivity contribution in [1.29, 1.82) is 0 Å². The van der Waals surface area contributed by atoms with Gasteiger partial charge < -0.3 is 20.8 Å². The molecule has 0 unspecified atom stereocenters. The minimum Gasteiger partial charge on any atom is -0.479 e. The van der Waals surface area contributed by atoms with E-state index in [9.17, 15) is 9.59 Å². The average Bonchev–Trinajstić information content (AvgIpc) is 2.32. The number of carboxylic acid groups (broad SMARTS) is 1. The van der Waals surface area contributed by atoms with Gasteiger partial charge in [0.05, 0.1) is 11.4 Å². The Morgan fingerprint density at radius 2 is 2.22 bits per heavy atom. The third kappa shape index (κ3) is 4.38. The summed E-state index contributed by atoms with van der Waals surface area (Å²) >= 11 is 0. The summed E-state index contributed by atoms with van der Waals surface area (Å²) in [6.07, 6.45) is 0.0987. The number of rotatable bonds is 5. The van der Waals surface area contributed by atoms with E-state index >= 15 is 0 Å². The van der Waals surface area contributed by atoms with Crippen LogP contribution < -0.4 is 10.6 Å². The van der Waals surface area contributed by atoms with Crippen LogP contribution in [0.15, 0.2) is 18.3 Å². The van der Waals surface area contributed by atoms with Crippen molar-refractivity contribution in [2.45, 2.75) is 19.4 Å². The number of carbonyl (C=O) groups is 2. The van der Waals surface area contributed by atoms with Crippen LogP contribution in [0.3, 0.4) is 0 Å². The molecule has 0 aliphatic carbocycles. The number of amides is 2. The number of pyridine rings is 1. The van der Waals surface area contributed by atoms with Crippen LogP contribution in [0.2, 0.25) is 0 Å². The van der Waals surface area contributed by atoms with Gasteiger partial charge in [0.25, 0.3) is 0 Å². The second kappa shape index (κ2) is 6.55. The molecule has 1 aromatic heterocycles. The molecule has 98 valence electrons. The molecule has 2 amide bonds. The van der Waals surface area contributed by atoms with Crippen LogP contribution in [0.4, 0.5) is 10.5 Å². The van der Waals surface area contributed by atoms with Gasteiger partial charge in [-0.25, -0.2) is 9.59 Å². The van der Waals surface area contributed by atoms with Crippen molar-refractivity contribution < 1.29 is 19.8 Å². The maximum atomic E-state index is 11.4. The molecule has 0 bridgehead atoms. The van der Waals surface area contributed by atoms with E-state index in [0.29, 0.717) is 11.4 Å². The summed E-state index contributed by atoms with van der Waals surface area (Å²) in [5.74, 6) is -1.31. The maximum Gasteiger partial charge on any atom is 0.332 e. The Morgan fingerprint density at radius 1 is 1.50 bits per heavy atom. The Hall–Kier alpha value is -2.15. The van der Waals surface area contributed by atoms with Crippen molar-refractivity contribution in [1.82, 2.24) is 10.3 Å².